The molecule has 0 spiro atoms. The van der Waals surface area contributed by atoms with Gasteiger partial charge in [-0.05, 0) is 23.7 Å². The van der Waals surface area contributed by atoms with Gasteiger partial charge in [0.15, 0.2) is 0 Å². The molecule has 0 saturated heterocycles. The smallest absolute Gasteiger partial charge is 0.324 e. The van der Waals surface area contributed by atoms with Crippen LogP contribution in [0.5, 0.6) is 0 Å². The lowest BCUT2D eigenvalue weighted by Crippen LogP contribution is -2.33. The summed E-state index contributed by atoms with van der Waals surface area (Å²) in [5.74, 6) is 0. The minimum atomic E-state index is -4.03. The summed E-state index contributed by atoms with van der Waals surface area (Å²) in [5.41, 5.74) is -0.863. The Morgan fingerprint density at radius 1 is 1.12 bits per heavy atom. The fourth-order valence-electron chi connectivity index (χ4n) is 2.39. The average molecular weight is 264 g/mol. The van der Waals surface area contributed by atoms with E-state index in [1.165, 1.54) is 0 Å². The van der Waals surface area contributed by atoms with Gasteiger partial charge in [-0.1, -0.05) is 54.4 Å². The molecule has 0 aromatic heterocycles. The number of hydrogen-bond donors (Lipinski definition) is 2. The molecule has 17 heavy (non-hydrogen) atoms. The van der Waals surface area contributed by atoms with Crippen LogP contribution in [0.15, 0.2) is 0 Å². The fraction of sp³-hybridized carbons (Fsp3) is 1.00. The molecule has 1 atom stereocenters. The molecule has 0 aromatic rings. The first kappa shape index (κ1) is 17.2. The average Bonchev–Trinajstić information content (AvgIpc) is 2.12. The third kappa shape index (κ3) is 5.54. The maximum Gasteiger partial charge on any atom is 0.329 e. The van der Waals surface area contributed by atoms with Crippen LogP contribution in [0, 0.1) is 10.8 Å². The maximum atomic E-state index is 11.7. The van der Waals surface area contributed by atoms with E-state index in [-0.39, 0.29) is 10.8 Å². The molecule has 4 heteroatoms. The van der Waals surface area contributed by atoms with Gasteiger partial charge in [0.2, 0.25) is 0 Å². The van der Waals surface area contributed by atoms with Crippen molar-refractivity contribution in [1.82, 2.24) is 0 Å². The van der Waals surface area contributed by atoms with E-state index >= 15 is 0 Å². The first-order valence-electron chi connectivity index (χ1n) is 6.51. The van der Waals surface area contributed by atoms with E-state index in [1.807, 2.05) is 20.8 Å². The first-order valence-corrected chi connectivity index (χ1v) is 8.19. The Morgan fingerprint density at radius 2 is 1.59 bits per heavy atom. The van der Waals surface area contributed by atoms with E-state index in [0.29, 0.717) is 6.42 Å². The van der Waals surface area contributed by atoms with Gasteiger partial charge in [0, 0.05) is 0 Å². The molecule has 0 rings (SSSR count). The van der Waals surface area contributed by atoms with Gasteiger partial charge < -0.3 is 9.79 Å². The normalized spacial score (nSPS) is 16.0. The molecule has 0 aliphatic heterocycles. The van der Waals surface area contributed by atoms with Crippen molar-refractivity contribution in [3.05, 3.63) is 0 Å². The predicted octanol–water partition coefficient (Wildman–Crippen LogP) is 4.19. The van der Waals surface area contributed by atoms with Crippen molar-refractivity contribution in [2.75, 3.05) is 0 Å². The lowest BCUT2D eigenvalue weighted by Gasteiger charge is -2.39. The Labute approximate surface area is 106 Å². The highest BCUT2D eigenvalue weighted by molar-refractivity contribution is 7.52. The summed E-state index contributed by atoms with van der Waals surface area (Å²) >= 11 is 0. The van der Waals surface area contributed by atoms with Crippen molar-refractivity contribution < 1.29 is 14.4 Å². The van der Waals surface area contributed by atoms with Crippen LogP contribution in [-0.4, -0.2) is 15.4 Å². The standard InChI is InChI=1S/C13H29O3P/c1-7-9-12(3,4)10-11(17(14,15)16)13(5,6)8-2/h11H,7-10H2,1-6H3,(H2,14,15,16). The number of hydrogen-bond acceptors (Lipinski definition) is 1. The summed E-state index contributed by atoms with van der Waals surface area (Å²) < 4.78 is 11.7. The SMILES string of the molecule is CCCC(C)(C)CC(C(C)(C)CC)P(=O)(O)O. The van der Waals surface area contributed by atoms with Crippen LogP contribution in [0.1, 0.15) is 67.2 Å². The highest BCUT2D eigenvalue weighted by atomic mass is 31.2. The Kier molecular flexibility index (Phi) is 5.91. The molecule has 2 N–H and O–H groups in total. The van der Waals surface area contributed by atoms with Gasteiger partial charge in [-0.25, -0.2) is 0 Å². The summed E-state index contributed by atoms with van der Waals surface area (Å²) in [6.07, 6.45) is 3.42. The topological polar surface area (TPSA) is 57.5 Å². The minimum Gasteiger partial charge on any atom is -0.324 e. The molecular formula is C13H29O3P. The zero-order valence-corrected chi connectivity index (χ0v) is 13.1. The summed E-state index contributed by atoms with van der Waals surface area (Å²) in [6, 6.07) is 0. The zero-order chi connectivity index (χ0) is 13.9. The van der Waals surface area contributed by atoms with E-state index < -0.39 is 13.3 Å². The van der Waals surface area contributed by atoms with Gasteiger partial charge in [-0.3, -0.25) is 4.57 Å². The molecular weight excluding hydrogens is 235 g/mol. The molecule has 0 aliphatic rings. The third-order valence-corrected chi connectivity index (χ3v) is 5.59. The van der Waals surface area contributed by atoms with E-state index in [1.54, 1.807) is 0 Å². The van der Waals surface area contributed by atoms with Gasteiger partial charge in [-0.15, -0.1) is 0 Å². The molecule has 0 heterocycles. The summed E-state index contributed by atoms with van der Waals surface area (Å²) in [4.78, 5) is 19.2. The van der Waals surface area contributed by atoms with Crippen LogP contribution >= 0.6 is 7.60 Å². The number of rotatable bonds is 7. The van der Waals surface area contributed by atoms with Gasteiger partial charge in [0.1, 0.15) is 0 Å². The minimum absolute atomic E-state index is 0.00697. The summed E-state index contributed by atoms with van der Waals surface area (Å²) in [7, 11) is -4.03. The van der Waals surface area contributed by atoms with Gasteiger partial charge in [0.05, 0.1) is 5.66 Å². The van der Waals surface area contributed by atoms with Crippen LogP contribution in [0.25, 0.3) is 0 Å². The second-order valence-corrected chi connectivity index (χ2v) is 8.37. The molecule has 0 aromatic carbocycles. The Morgan fingerprint density at radius 3 is 1.88 bits per heavy atom. The zero-order valence-electron chi connectivity index (χ0n) is 12.2. The Balaban J connectivity index is 5.05. The van der Waals surface area contributed by atoms with Crippen molar-refractivity contribution >= 4 is 7.60 Å². The highest BCUT2D eigenvalue weighted by Crippen LogP contribution is 2.55. The van der Waals surface area contributed by atoms with Crippen molar-refractivity contribution in [1.29, 1.82) is 0 Å². The summed E-state index contributed by atoms with van der Waals surface area (Å²) in [5, 5.41) is 0. The molecule has 104 valence electrons. The monoisotopic (exact) mass is 264 g/mol. The quantitative estimate of drug-likeness (QED) is 0.678. The van der Waals surface area contributed by atoms with Crippen molar-refractivity contribution in [3.63, 3.8) is 0 Å². The molecule has 0 saturated carbocycles. The first-order chi connectivity index (χ1) is 7.46. The molecule has 3 nitrogen and oxygen atoms in total. The maximum absolute atomic E-state index is 11.7. The molecule has 0 amide bonds. The molecule has 1 unspecified atom stereocenters. The van der Waals surface area contributed by atoms with Crippen molar-refractivity contribution in [3.8, 4) is 0 Å². The van der Waals surface area contributed by atoms with Crippen LogP contribution in [-0.2, 0) is 4.57 Å². The highest BCUT2D eigenvalue weighted by Gasteiger charge is 2.43. The van der Waals surface area contributed by atoms with Crippen molar-refractivity contribution in [2.45, 2.75) is 72.9 Å². The van der Waals surface area contributed by atoms with E-state index in [9.17, 15) is 14.4 Å². The van der Waals surface area contributed by atoms with Gasteiger partial charge in [-0.2, -0.15) is 0 Å². The van der Waals surface area contributed by atoms with Gasteiger partial charge >= 0.3 is 7.60 Å². The van der Waals surface area contributed by atoms with E-state index in [4.69, 9.17) is 0 Å². The van der Waals surface area contributed by atoms with E-state index in [2.05, 4.69) is 20.8 Å². The summed E-state index contributed by atoms with van der Waals surface area (Å²) in [6.45, 7) is 12.2. The largest absolute Gasteiger partial charge is 0.329 e. The van der Waals surface area contributed by atoms with Gasteiger partial charge in [0.25, 0.3) is 0 Å². The second kappa shape index (κ2) is 5.86. The van der Waals surface area contributed by atoms with E-state index in [0.717, 1.165) is 19.3 Å². The van der Waals surface area contributed by atoms with Crippen molar-refractivity contribution in [2.24, 2.45) is 10.8 Å². The Hall–Kier alpha value is 0.150. The molecule has 0 aliphatic carbocycles. The third-order valence-electron chi connectivity index (χ3n) is 3.89. The second-order valence-electron chi connectivity index (χ2n) is 6.57. The lowest BCUT2D eigenvalue weighted by atomic mass is 9.75. The predicted molar refractivity (Wildman–Crippen MR) is 73.2 cm³/mol. The molecule has 0 radical (unpaired) electrons. The molecule has 0 fully saturated rings. The van der Waals surface area contributed by atoms with Crippen LogP contribution < -0.4 is 0 Å². The van der Waals surface area contributed by atoms with Crippen LogP contribution in [0.3, 0.4) is 0 Å². The lowest BCUT2D eigenvalue weighted by molar-refractivity contribution is 0.198. The van der Waals surface area contributed by atoms with Crippen LogP contribution in [0.2, 0.25) is 0 Å². The Bertz CT molecular complexity index is 278. The molecule has 0 bridgehead atoms. The fourth-order valence-corrected chi connectivity index (χ4v) is 4.21. The van der Waals surface area contributed by atoms with Crippen LogP contribution in [0.4, 0.5) is 0 Å².